The Hall–Kier alpha value is -3.17. The Morgan fingerprint density at radius 2 is 1.87 bits per heavy atom. The summed E-state index contributed by atoms with van der Waals surface area (Å²) >= 11 is 0. The number of aryl methyl sites for hydroxylation is 1. The van der Waals surface area contributed by atoms with Crippen LogP contribution in [-0.2, 0) is 10.0 Å². The molecule has 164 valence electrons. The van der Waals surface area contributed by atoms with Gasteiger partial charge in [0.05, 0.1) is 22.9 Å². The molecule has 0 fully saturated rings. The molecule has 0 saturated carbocycles. The number of hydrogen-bond acceptors (Lipinski definition) is 5. The zero-order valence-electron chi connectivity index (χ0n) is 17.4. The van der Waals surface area contributed by atoms with Crippen molar-refractivity contribution < 1.29 is 22.0 Å². The number of carbonyl (C=O) groups is 1. The maximum atomic E-state index is 13.9. The van der Waals surface area contributed by atoms with Gasteiger partial charge in [-0.25, -0.2) is 12.8 Å². The standard InChI is InChI=1S/C22H24FN3O4S/c1-15-10-11-16(31(28,29)25-19-8-5-4-7-18(19)23)13-17(15)22(27)24-14-20(26(2)3)21-9-6-12-30-21/h4-13,20,25H,14H2,1-3H3,(H,24,27). The summed E-state index contributed by atoms with van der Waals surface area (Å²) in [6.45, 7) is 1.98. The van der Waals surface area contributed by atoms with Gasteiger partial charge in [0, 0.05) is 12.1 Å². The molecule has 0 spiro atoms. The van der Waals surface area contributed by atoms with Gasteiger partial charge in [0.25, 0.3) is 15.9 Å². The molecule has 1 aromatic heterocycles. The molecule has 7 nitrogen and oxygen atoms in total. The average molecular weight is 446 g/mol. The van der Waals surface area contributed by atoms with Crippen LogP contribution in [-0.4, -0.2) is 39.9 Å². The van der Waals surface area contributed by atoms with Crippen LogP contribution in [0.2, 0.25) is 0 Å². The van der Waals surface area contributed by atoms with E-state index in [9.17, 15) is 17.6 Å². The van der Waals surface area contributed by atoms with Gasteiger partial charge < -0.3 is 9.73 Å². The Morgan fingerprint density at radius 3 is 2.52 bits per heavy atom. The van der Waals surface area contributed by atoms with Crippen LogP contribution in [0.5, 0.6) is 0 Å². The lowest BCUT2D eigenvalue weighted by molar-refractivity contribution is 0.0938. The Balaban J connectivity index is 1.80. The molecule has 0 aliphatic heterocycles. The SMILES string of the molecule is Cc1ccc(S(=O)(=O)Nc2ccccc2F)cc1C(=O)NCC(c1ccco1)N(C)C. The molecule has 0 aliphatic carbocycles. The number of nitrogens with one attached hydrogen (secondary N) is 2. The molecule has 0 bridgehead atoms. The van der Waals surface area contributed by atoms with Crippen LogP contribution >= 0.6 is 0 Å². The first-order valence-electron chi connectivity index (χ1n) is 9.55. The number of hydrogen-bond donors (Lipinski definition) is 2. The van der Waals surface area contributed by atoms with Gasteiger partial charge in [-0.15, -0.1) is 0 Å². The number of halogens is 1. The number of benzene rings is 2. The number of furan rings is 1. The highest BCUT2D eigenvalue weighted by atomic mass is 32.2. The van der Waals surface area contributed by atoms with Crippen molar-refractivity contribution in [1.29, 1.82) is 0 Å². The first-order valence-corrected chi connectivity index (χ1v) is 11.0. The Morgan fingerprint density at radius 1 is 1.13 bits per heavy atom. The molecule has 3 rings (SSSR count). The summed E-state index contributed by atoms with van der Waals surface area (Å²) in [5.41, 5.74) is 0.663. The minimum absolute atomic E-state index is 0.137. The fraction of sp³-hybridized carbons (Fsp3) is 0.227. The zero-order valence-corrected chi connectivity index (χ0v) is 18.2. The Bertz CT molecular complexity index is 1160. The van der Waals surface area contributed by atoms with Crippen LogP contribution < -0.4 is 10.0 Å². The highest BCUT2D eigenvalue weighted by molar-refractivity contribution is 7.92. The third-order valence-electron chi connectivity index (χ3n) is 4.83. The Labute approximate surface area is 180 Å². The first-order chi connectivity index (χ1) is 14.7. The number of likely N-dealkylation sites (N-methyl/N-ethyl adjacent to an activating group) is 1. The summed E-state index contributed by atoms with van der Waals surface area (Å²) in [5, 5.41) is 2.83. The van der Waals surface area contributed by atoms with Gasteiger partial charge in [-0.3, -0.25) is 14.4 Å². The molecular formula is C22H24FN3O4S. The molecular weight excluding hydrogens is 421 g/mol. The number of sulfonamides is 1. The highest BCUT2D eigenvalue weighted by Crippen LogP contribution is 2.22. The predicted octanol–water partition coefficient (Wildman–Crippen LogP) is 3.56. The maximum absolute atomic E-state index is 13.9. The summed E-state index contributed by atoms with van der Waals surface area (Å²) < 4.78 is 47.0. The number of carbonyl (C=O) groups excluding carboxylic acids is 1. The lowest BCUT2D eigenvalue weighted by atomic mass is 10.1. The first kappa shape index (κ1) is 22.5. The van der Waals surface area contributed by atoms with E-state index in [1.165, 1.54) is 30.3 Å². The smallest absolute Gasteiger partial charge is 0.262 e. The fourth-order valence-corrected chi connectivity index (χ4v) is 4.16. The second kappa shape index (κ2) is 9.32. The fourth-order valence-electron chi connectivity index (χ4n) is 3.06. The van der Waals surface area contributed by atoms with Gasteiger partial charge in [-0.1, -0.05) is 18.2 Å². The topological polar surface area (TPSA) is 91.6 Å². The van der Waals surface area contributed by atoms with Gasteiger partial charge in [0.1, 0.15) is 11.6 Å². The molecule has 9 heteroatoms. The second-order valence-electron chi connectivity index (χ2n) is 7.27. The van der Waals surface area contributed by atoms with Gasteiger partial charge in [-0.2, -0.15) is 0 Å². The maximum Gasteiger partial charge on any atom is 0.262 e. The van der Waals surface area contributed by atoms with Crippen LogP contribution in [0.3, 0.4) is 0 Å². The molecule has 2 aromatic carbocycles. The third kappa shape index (κ3) is 5.31. The number of anilines is 1. The van der Waals surface area contributed by atoms with Crippen molar-refractivity contribution in [2.75, 3.05) is 25.4 Å². The minimum Gasteiger partial charge on any atom is -0.468 e. The summed E-state index contributed by atoms with van der Waals surface area (Å²) in [4.78, 5) is 14.6. The molecule has 1 heterocycles. The van der Waals surface area contributed by atoms with Crippen LogP contribution in [0, 0.1) is 12.7 Å². The zero-order chi connectivity index (χ0) is 22.6. The van der Waals surface area contributed by atoms with Crippen LogP contribution in [0.4, 0.5) is 10.1 Å². The van der Waals surface area contributed by atoms with E-state index < -0.39 is 21.7 Å². The van der Waals surface area contributed by atoms with Gasteiger partial charge >= 0.3 is 0 Å². The van der Waals surface area contributed by atoms with E-state index in [-0.39, 0.29) is 28.7 Å². The monoisotopic (exact) mass is 445 g/mol. The predicted molar refractivity (Wildman–Crippen MR) is 116 cm³/mol. The molecule has 1 amide bonds. The number of para-hydroxylation sites is 1. The van der Waals surface area contributed by atoms with Gasteiger partial charge in [-0.05, 0) is 63.0 Å². The molecule has 0 saturated heterocycles. The Kier molecular flexibility index (Phi) is 6.77. The van der Waals surface area contributed by atoms with E-state index in [4.69, 9.17) is 4.42 Å². The second-order valence-corrected chi connectivity index (χ2v) is 8.95. The van der Waals surface area contributed by atoms with Crippen LogP contribution in [0.1, 0.15) is 27.7 Å². The van der Waals surface area contributed by atoms with E-state index in [1.807, 2.05) is 25.1 Å². The molecule has 31 heavy (non-hydrogen) atoms. The van der Waals surface area contributed by atoms with E-state index >= 15 is 0 Å². The van der Waals surface area contributed by atoms with E-state index in [0.29, 0.717) is 11.3 Å². The third-order valence-corrected chi connectivity index (χ3v) is 6.20. The van der Waals surface area contributed by atoms with Crippen molar-refractivity contribution in [3.05, 3.63) is 83.6 Å². The van der Waals surface area contributed by atoms with Crippen LogP contribution in [0.25, 0.3) is 0 Å². The number of rotatable bonds is 8. The van der Waals surface area contributed by atoms with Gasteiger partial charge in [0.15, 0.2) is 0 Å². The largest absolute Gasteiger partial charge is 0.468 e. The molecule has 1 atom stereocenters. The van der Waals surface area contributed by atoms with E-state index in [2.05, 4.69) is 10.0 Å². The number of amides is 1. The quantitative estimate of drug-likeness (QED) is 0.553. The van der Waals surface area contributed by atoms with Crippen molar-refractivity contribution in [1.82, 2.24) is 10.2 Å². The minimum atomic E-state index is -4.08. The summed E-state index contributed by atoms with van der Waals surface area (Å²) in [6, 6.07) is 13.1. The molecule has 0 radical (unpaired) electrons. The normalized spacial score (nSPS) is 12.5. The lowest BCUT2D eigenvalue weighted by Crippen LogP contribution is -2.34. The summed E-state index contributed by atoms with van der Waals surface area (Å²) in [7, 11) is -0.348. The van der Waals surface area contributed by atoms with Crippen molar-refractivity contribution in [2.24, 2.45) is 0 Å². The summed E-state index contributed by atoms with van der Waals surface area (Å²) in [5.74, 6) is -0.407. The molecule has 1 unspecified atom stereocenters. The molecule has 0 aliphatic rings. The van der Waals surface area contributed by atoms with E-state index in [1.54, 1.807) is 25.3 Å². The average Bonchev–Trinajstić information content (AvgIpc) is 3.24. The molecule has 2 N–H and O–H groups in total. The summed E-state index contributed by atoms with van der Waals surface area (Å²) in [6.07, 6.45) is 1.56. The van der Waals surface area contributed by atoms with Gasteiger partial charge in [0.2, 0.25) is 0 Å². The van der Waals surface area contributed by atoms with Crippen molar-refractivity contribution in [2.45, 2.75) is 17.9 Å². The van der Waals surface area contributed by atoms with Crippen molar-refractivity contribution in [3.8, 4) is 0 Å². The van der Waals surface area contributed by atoms with Crippen molar-refractivity contribution >= 4 is 21.6 Å². The lowest BCUT2D eigenvalue weighted by Gasteiger charge is -2.22. The van der Waals surface area contributed by atoms with E-state index in [0.717, 1.165) is 6.07 Å². The van der Waals surface area contributed by atoms with Crippen LogP contribution in [0.15, 0.2) is 70.2 Å². The van der Waals surface area contributed by atoms with Crippen molar-refractivity contribution in [3.63, 3.8) is 0 Å². The highest BCUT2D eigenvalue weighted by Gasteiger charge is 2.22. The number of nitrogens with zero attached hydrogens (tertiary/aromatic N) is 1. The molecule has 3 aromatic rings.